The molecule has 0 atom stereocenters. The molecule has 0 radical (unpaired) electrons. The number of carbonyl (C=O) groups is 1. The van der Waals surface area contributed by atoms with Gasteiger partial charge < -0.3 is 9.64 Å². The van der Waals surface area contributed by atoms with Crippen molar-refractivity contribution in [3.8, 4) is 22.9 Å². The lowest BCUT2D eigenvalue weighted by Crippen LogP contribution is -2.31. The molecule has 1 amide bonds. The van der Waals surface area contributed by atoms with Crippen LogP contribution in [0.15, 0.2) is 84.9 Å². The van der Waals surface area contributed by atoms with Gasteiger partial charge in [0.1, 0.15) is 11.4 Å². The van der Waals surface area contributed by atoms with Gasteiger partial charge in [0.2, 0.25) is 5.88 Å². The van der Waals surface area contributed by atoms with Crippen LogP contribution in [-0.4, -0.2) is 27.1 Å². The molecule has 3 aromatic carbocycles. The zero-order valence-electron chi connectivity index (χ0n) is 18.7. The van der Waals surface area contributed by atoms with Crippen molar-refractivity contribution in [2.45, 2.75) is 19.9 Å². The first-order chi connectivity index (χ1) is 16.1. The highest BCUT2D eigenvalue weighted by Gasteiger charge is 2.25. The van der Waals surface area contributed by atoms with Crippen molar-refractivity contribution in [3.05, 3.63) is 101 Å². The molecule has 5 nitrogen and oxygen atoms in total. The Morgan fingerprint density at radius 3 is 2.27 bits per heavy atom. The van der Waals surface area contributed by atoms with Gasteiger partial charge in [-0.15, -0.1) is 0 Å². The molecule has 0 spiro atoms. The smallest absolute Gasteiger partial charge is 0.254 e. The zero-order valence-corrected chi connectivity index (χ0v) is 19.5. The number of amides is 1. The van der Waals surface area contributed by atoms with Crippen molar-refractivity contribution in [1.29, 1.82) is 0 Å². The maximum Gasteiger partial charge on any atom is 0.254 e. The molecule has 0 fully saturated rings. The van der Waals surface area contributed by atoms with Gasteiger partial charge in [-0.3, -0.25) is 4.79 Å². The van der Waals surface area contributed by atoms with Crippen molar-refractivity contribution in [1.82, 2.24) is 14.7 Å². The van der Waals surface area contributed by atoms with Gasteiger partial charge in [0.25, 0.3) is 5.91 Å². The molecule has 0 aliphatic heterocycles. The first-order valence-electron chi connectivity index (χ1n) is 11.0. The summed E-state index contributed by atoms with van der Waals surface area (Å²) in [6.07, 6.45) is 0.834. The second kappa shape index (κ2) is 10.4. The zero-order chi connectivity index (χ0) is 23.2. The highest BCUT2D eigenvalue weighted by Crippen LogP contribution is 2.36. The van der Waals surface area contributed by atoms with Gasteiger partial charge in [-0.2, -0.15) is 5.10 Å². The standard InChI is InChI=1S/C27H26ClN3O2/c1-3-18-31(26(32)21-14-8-5-9-15-21)19-22-25(20-12-6-4-7-13-20)29-30(2)27(22)33-24-17-11-10-16-23(24)28/h4-17H,3,18-19H2,1-2H3. The lowest BCUT2D eigenvalue weighted by molar-refractivity contribution is 0.0742. The second-order valence-electron chi connectivity index (χ2n) is 7.75. The number of para-hydroxylation sites is 1. The molecular weight excluding hydrogens is 434 g/mol. The van der Waals surface area contributed by atoms with Crippen molar-refractivity contribution in [2.75, 3.05) is 6.54 Å². The minimum atomic E-state index is -0.0241. The van der Waals surface area contributed by atoms with E-state index in [4.69, 9.17) is 21.4 Å². The predicted molar refractivity (Wildman–Crippen MR) is 132 cm³/mol. The van der Waals surface area contributed by atoms with Crippen LogP contribution in [-0.2, 0) is 13.6 Å². The Kier molecular flexibility index (Phi) is 7.10. The van der Waals surface area contributed by atoms with E-state index in [9.17, 15) is 4.79 Å². The van der Waals surface area contributed by atoms with E-state index in [2.05, 4.69) is 6.92 Å². The minimum absolute atomic E-state index is 0.0241. The fourth-order valence-electron chi connectivity index (χ4n) is 3.76. The fourth-order valence-corrected chi connectivity index (χ4v) is 3.93. The maximum absolute atomic E-state index is 13.4. The first-order valence-corrected chi connectivity index (χ1v) is 11.3. The van der Waals surface area contributed by atoms with E-state index in [0.717, 1.165) is 23.2 Å². The van der Waals surface area contributed by atoms with E-state index < -0.39 is 0 Å². The summed E-state index contributed by atoms with van der Waals surface area (Å²) in [6.45, 7) is 3.04. The normalized spacial score (nSPS) is 10.8. The topological polar surface area (TPSA) is 47.4 Å². The average Bonchev–Trinajstić information content (AvgIpc) is 3.15. The molecule has 0 unspecified atom stereocenters. The van der Waals surface area contributed by atoms with Crippen LogP contribution in [0, 0.1) is 0 Å². The predicted octanol–water partition coefficient (Wildman–Crippen LogP) is 6.59. The summed E-state index contributed by atoms with van der Waals surface area (Å²) in [4.78, 5) is 15.2. The van der Waals surface area contributed by atoms with E-state index in [-0.39, 0.29) is 5.91 Å². The van der Waals surface area contributed by atoms with Gasteiger partial charge in [0.05, 0.1) is 17.1 Å². The van der Waals surface area contributed by atoms with Gasteiger partial charge in [-0.1, -0.05) is 79.2 Å². The quantitative estimate of drug-likeness (QED) is 0.299. The third-order valence-electron chi connectivity index (χ3n) is 5.33. The Labute approximate surface area is 199 Å². The number of nitrogens with zero attached hydrogens (tertiary/aromatic N) is 3. The Hall–Kier alpha value is -3.57. The highest BCUT2D eigenvalue weighted by atomic mass is 35.5. The molecule has 4 aromatic rings. The van der Waals surface area contributed by atoms with Crippen LogP contribution in [0.3, 0.4) is 0 Å². The molecule has 0 bridgehead atoms. The summed E-state index contributed by atoms with van der Waals surface area (Å²) in [7, 11) is 1.84. The number of aromatic nitrogens is 2. The lowest BCUT2D eigenvalue weighted by atomic mass is 10.1. The fraction of sp³-hybridized carbons (Fsp3) is 0.185. The van der Waals surface area contributed by atoms with Crippen molar-refractivity contribution in [3.63, 3.8) is 0 Å². The van der Waals surface area contributed by atoms with Gasteiger partial charge >= 0.3 is 0 Å². The summed E-state index contributed by atoms with van der Waals surface area (Å²) in [5.41, 5.74) is 3.23. The molecule has 168 valence electrons. The summed E-state index contributed by atoms with van der Waals surface area (Å²) < 4.78 is 7.97. The molecule has 0 aliphatic rings. The lowest BCUT2D eigenvalue weighted by Gasteiger charge is -2.23. The maximum atomic E-state index is 13.4. The first kappa shape index (κ1) is 22.6. The summed E-state index contributed by atoms with van der Waals surface area (Å²) in [5.74, 6) is 1.08. The largest absolute Gasteiger partial charge is 0.437 e. The van der Waals surface area contributed by atoms with Gasteiger partial charge in [-0.25, -0.2) is 4.68 Å². The number of hydrogen-bond donors (Lipinski definition) is 0. The summed E-state index contributed by atoms with van der Waals surface area (Å²) in [6, 6.07) is 26.6. The van der Waals surface area contributed by atoms with Crippen LogP contribution in [0.25, 0.3) is 11.3 Å². The third-order valence-corrected chi connectivity index (χ3v) is 5.64. The Balaban J connectivity index is 1.78. The molecule has 0 aliphatic carbocycles. The molecule has 0 N–H and O–H groups in total. The third kappa shape index (κ3) is 5.10. The number of benzene rings is 3. The second-order valence-corrected chi connectivity index (χ2v) is 8.15. The number of hydrogen-bond acceptors (Lipinski definition) is 3. The Morgan fingerprint density at radius 1 is 0.970 bits per heavy atom. The SMILES string of the molecule is CCCN(Cc1c(-c2ccccc2)nn(C)c1Oc1ccccc1Cl)C(=O)c1ccccc1. The number of halogens is 1. The molecule has 0 saturated heterocycles. The number of aryl methyl sites for hydroxylation is 1. The van der Waals surface area contributed by atoms with Crippen molar-refractivity contribution < 1.29 is 9.53 Å². The monoisotopic (exact) mass is 459 g/mol. The van der Waals surface area contributed by atoms with Gasteiger partial charge in [-0.05, 0) is 30.7 Å². The molecule has 6 heteroatoms. The van der Waals surface area contributed by atoms with E-state index in [1.54, 1.807) is 10.7 Å². The van der Waals surface area contributed by atoms with Crippen LogP contribution >= 0.6 is 11.6 Å². The minimum Gasteiger partial charge on any atom is -0.437 e. The van der Waals surface area contributed by atoms with Crippen molar-refractivity contribution in [2.24, 2.45) is 7.05 Å². The molecule has 0 saturated carbocycles. The average molecular weight is 460 g/mol. The molecule has 1 heterocycles. The van der Waals surface area contributed by atoms with E-state index in [1.165, 1.54) is 0 Å². The Morgan fingerprint density at radius 2 is 1.61 bits per heavy atom. The van der Waals surface area contributed by atoms with Crippen LogP contribution in [0.1, 0.15) is 29.3 Å². The summed E-state index contributed by atoms with van der Waals surface area (Å²) in [5, 5.41) is 5.27. The van der Waals surface area contributed by atoms with Crippen LogP contribution in [0.5, 0.6) is 11.6 Å². The number of rotatable bonds is 8. The van der Waals surface area contributed by atoms with Gasteiger partial charge in [0.15, 0.2) is 0 Å². The van der Waals surface area contributed by atoms with Gasteiger partial charge in [0, 0.05) is 24.7 Å². The summed E-state index contributed by atoms with van der Waals surface area (Å²) >= 11 is 6.37. The van der Waals surface area contributed by atoms with Crippen LogP contribution < -0.4 is 4.74 Å². The van der Waals surface area contributed by atoms with E-state index in [1.807, 2.05) is 90.8 Å². The van der Waals surface area contributed by atoms with E-state index in [0.29, 0.717) is 35.3 Å². The Bertz CT molecular complexity index is 1220. The molecule has 4 rings (SSSR count). The molecule has 33 heavy (non-hydrogen) atoms. The molecular formula is C27H26ClN3O2. The molecule has 1 aromatic heterocycles. The number of ether oxygens (including phenoxy) is 1. The highest BCUT2D eigenvalue weighted by molar-refractivity contribution is 6.32. The van der Waals surface area contributed by atoms with Crippen LogP contribution in [0.4, 0.5) is 0 Å². The van der Waals surface area contributed by atoms with Crippen molar-refractivity contribution >= 4 is 17.5 Å². The number of carbonyl (C=O) groups excluding carboxylic acids is 1. The van der Waals surface area contributed by atoms with Crippen LogP contribution in [0.2, 0.25) is 5.02 Å². The van der Waals surface area contributed by atoms with E-state index >= 15 is 0 Å².